The fourth-order valence-electron chi connectivity index (χ4n) is 3.30. The van der Waals surface area contributed by atoms with E-state index in [1.54, 1.807) is 0 Å². The maximum atomic E-state index is 14.5. The Hall–Kier alpha value is -2.24. The summed E-state index contributed by atoms with van der Waals surface area (Å²) >= 11 is 0. The lowest BCUT2D eigenvalue weighted by Gasteiger charge is -2.30. The smallest absolute Gasteiger partial charge is 0.370 e. The SMILES string of the molecule is NC[C@@H](C(=O)Nc1ccc(N2CCOCC2=O)c(F)c1)N(CC(F)(F)F)C1CC1. The first kappa shape index (κ1) is 21.5. The van der Waals surface area contributed by atoms with Gasteiger partial charge in [0.05, 0.1) is 18.8 Å². The van der Waals surface area contributed by atoms with Crippen LogP contribution in [-0.4, -0.2) is 67.8 Å². The summed E-state index contributed by atoms with van der Waals surface area (Å²) in [5, 5.41) is 2.43. The molecule has 7 nitrogen and oxygen atoms in total. The summed E-state index contributed by atoms with van der Waals surface area (Å²) in [4.78, 5) is 26.7. The Bertz CT molecular complexity index is 770. The molecule has 2 fully saturated rings. The van der Waals surface area contributed by atoms with Gasteiger partial charge in [-0.2, -0.15) is 13.2 Å². The summed E-state index contributed by atoms with van der Waals surface area (Å²) in [5.74, 6) is -1.86. The lowest BCUT2D eigenvalue weighted by molar-refractivity contribution is -0.154. The van der Waals surface area contributed by atoms with Gasteiger partial charge in [0.1, 0.15) is 18.5 Å². The van der Waals surface area contributed by atoms with E-state index in [0.717, 1.165) is 11.0 Å². The van der Waals surface area contributed by atoms with E-state index < -0.39 is 30.5 Å². The van der Waals surface area contributed by atoms with Gasteiger partial charge in [-0.3, -0.25) is 14.5 Å². The molecule has 11 heteroatoms. The van der Waals surface area contributed by atoms with Crippen LogP contribution in [0.25, 0.3) is 0 Å². The quantitative estimate of drug-likeness (QED) is 0.655. The van der Waals surface area contributed by atoms with Gasteiger partial charge in [-0.25, -0.2) is 4.39 Å². The number of ether oxygens (including phenoxy) is 1. The van der Waals surface area contributed by atoms with Gasteiger partial charge in [-0.05, 0) is 31.0 Å². The number of hydrogen-bond acceptors (Lipinski definition) is 5. The number of amides is 2. The Balaban J connectivity index is 1.71. The highest BCUT2D eigenvalue weighted by atomic mass is 19.4. The number of nitrogens with two attached hydrogens (primary N) is 1. The number of nitrogens with zero attached hydrogens (tertiary/aromatic N) is 2. The Morgan fingerprint density at radius 1 is 1.38 bits per heavy atom. The molecule has 0 radical (unpaired) electrons. The minimum Gasteiger partial charge on any atom is -0.370 e. The first-order valence-electron chi connectivity index (χ1n) is 9.20. The molecule has 0 unspecified atom stereocenters. The first-order valence-corrected chi connectivity index (χ1v) is 9.20. The highest BCUT2D eigenvalue weighted by molar-refractivity contribution is 5.97. The number of nitrogens with one attached hydrogen (secondary N) is 1. The minimum atomic E-state index is -4.46. The van der Waals surface area contributed by atoms with Gasteiger partial charge in [0.25, 0.3) is 5.91 Å². The molecular formula is C18H22F4N4O3. The number of halogens is 4. The number of benzene rings is 1. The van der Waals surface area contributed by atoms with Crippen molar-refractivity contribution in [2.75, 3.05) is 43.1 Å². The molecule has 1 aliphatic carbocycles. The third kappa shape index (κ3) is 5.43. The van der Waals surface area contributed by atoms with Crippen molar-refractivity contribution < 1.29 is 31.9 Å². The Kier molecular flexibility index (Phi) is 6.39. The second-order valence-electron chi connectivity index (χ2n) is 7.02. The monoisotopic (exact) mass is 418 g/mol. The molecule has 0 aromatic heterocycles. The molecular weight excluding hydrogens is 396 g/mol. The van der Waals surface area contributed by atoms with Crippen molar-refractivity contribution in [3.05, 3.63) is 24.0 Å². The number of hydrogen-bond donors (Lipinski definition) is 2. The van der Waals surface area contributed by atoms with Crippen molar-refractivity contribution >= 4 is 23.2 Å². The number of rotatable bonds is 7. The van der Waals surface area contributed by atoms with Gasteiger partial charge in [0, 0.05) is 24.8 Å². The molecule has 1 saturated carbocycles. The van der Waals surface area contributed by atoms with Crippen LogP contribution < -0.4 is 16.0 Å². The van der Waals surface area contributed by atoms with Crippen molar-refractivity contribution in [1.29, 1.82) is 0 Å². The van der Waals surface area contributed by atoms with Crippen LogP contribution in [0.4, 0.5) is 28.9 Å². The molecule has 0 spiro atoms. The van der Waals surface area contributed by atoms with E-state index in [4.69, 9.17) is 10.5 Å². The number of alkyl halides is 3. The number of morpholine rings is 1. The maximum absolute atomic E-state index is 14.5. The normalized spacial score (nSPS) is 18.8. The van der Waals surface area contributed by atoms with Crippen LogP contribution in [0.15, 0.2) is 18.2 Å². The van der Waals surface area contributed by atoms with Crippen molar-refractivity contribution in [2.24, 2.45) is 5.73 Å². The molecule has 0 bridgehead atoms. The highest BCUT2D eigenvalue weighted by Crippen LogP contribution is 2.32. The van der Waals surface area contributed by atoms with Gasteiger partial charge < -0.3 is 20.7 Å². The zero-order valence-electron chi connectivity index (χ0n) is 15.5. The van der Waals surface area contributed by atoms with Gasteiger partial charge in [-0.15, -0.1) is 0 Å². The van der Waals surface area contributed by atoms with Crippen LogP contribution in [0, 0.1) is 5.82 Å². The Morgan fingerprint density at radius 2 is 2.10 bits per heavy atom. The van der Waals surface area contributed by atoms with E-state index in [0.29, 0.717) is 12.8 Å². The standard InChI is InChI=1S/C18H22F4N4O3/c19-13-7-11(1-4-14(13)25-5-6-29-9-16(25)27)24-17(28)15(8-23)26(12-2-3-12)10-18(20,21)22/h1,4,7,12,15H,2-3,5-6,8-10,23H2,(H,24,28)/t15-/m0/s1. The molecule has 1 aliphatic heterocycles. The Labute approximate surface area is 164 Å². The zero-order valence-corrected chi connectivity index (χ0v) is 15.5. The van der Waals surface area contributed by atoms with E-state index >= 15 is 0 Å². The fourth-order valence-corrected chi connectivity index (χ4v) is 3.30. The van der Waals surface area contributed by atoms with E-state index in [2.05, 4.69) is 5.32 Å². The largest absolute Gasteiger partial charge is 0.401 e. The lowest BCUT2D eigenvalue weighted by atomic mass is 10.2. The molecule has 1 aromatic rings. The van der Waals surface area contributed by atoms with Crippen molar-refractivity contribution in [3.8, 4) is 0 Å². The van der Waals surface area contributed by atoms with Crippen LogP contribution in [-0.2, 0) is 14.3 Å². The van der Waals surface area contributed by atoms with E-state index in [1.165, 1.54) is 17.0 Å². The number of carbonyl (C=O) groups is 2. The molecule has 160 valence electrons. The van der Waals surface area contributed by atoms with Crippen LogP contribution in [0.1, 0.15) is 12.8 Å². The van der Waals surface area contributed by atoms with E-state index in [1.807, 2.05) is 0 Å². The van der Waals surface area contributed by atoms with Crippen LogP contribution in [0.3, 0.4) is 0 Å². The molecule has 3 rings (SSSR count). The summed E-state index contributed by atoms with van der Waals surface area (Å²) in [6.07, 6.45) is -3.33. The van der Waals surface area contributed by atoms with Crippen molar-refractivity contribution in [3.63, 3.8) is 0 Å². The summed E-state index contributed by atoms with van der Waals surface area (Å²) < 4.78 is 58.1. The predicted molar refractivity (Wildman–Crippen MR) is 96.8 cm³/mol. The summed E-state index contributed by atoms with van der Waals surface area (Å²) in [5.41, 5.74) is 5.69. The van der Waals surface area contributed by atoms with Gasteiger partial charge in [0.15, 0.2) is 0 Å². The Morgan fingerprint density at radius 3 is 2.66 bits per heavy atom. The fraction of sp³-hybridized carbons (Fsp3) is 0.556. The van der Waals surface area contributed by atoms with Crippen molar-refractivity contribution in [2.45, 2.75) is 31.1 Å². The van der Waals surface area contributed by atoms with Gasteiger partial charge in [0.2, 0.25) is 5.91 Å². The lowest BCUT2D eigenvalue weighted by Crippen LogP contribution is -2.52. The second-order valence-corrected chi connectivity index (χ2v) is 7.02. The molecule has 2 amide bonds. The molecule has 29 heavy (non-hydrogen) atoms. The first-order chi connectivity index (χ1) is 13.7. The summed E-state index contributed by atoms with van der Waals surface area (Å²) in [7, 11) is 0. The molecule has 1 aromatic carbocycles. The van der Waals surface area contributed by atoms with E-state index in [9.17, 15) is 27.2 Å². The predicted octanol–water partition coefficient (Wildman–Crippen LogP) is 1.48. The number of anilines is 2. The molecule has 1 saturated heterocycles. The van der Waals surface area contributed by atoms with Crippen molar-refractivity contribution in [1.82, 2.24) is 4.90 Å². The third-order valence-electron chi connectivity index (χ3n) is 4.80. The zero-order chi connectivity index (χ0) is 21.2. The average molecular weight is 418 g/mol. The highest BCUT2D eigenvalue weighted by Gasteiger charge is 2.43. The van der Waals surface area contributed by atoms with E-state index in [-0.39, 0.29) is 49.6 Å². The van der Waals surface area contributed by atoms with Crippen LogP contribution in [0.5, 0.6) is 0 Å². The van der Waals surface area contributed by atoms with Gasteiger partial charge in [-0.1, -0.05) is 0 Å². The molecule has 3 N–H and O–H groups in total. The third-order valence-corrected chi connectivity index (χ3v) is 4.80. The van der Waals surface area contributed by atoms with Gasteiger partial charge >= 0.3 is 6.18 Å². The second kappa shape index (κ2) is 8.64. The van der Waals surface area contributed by atoms with Crippen LogP contribution >= 0.6 is 0 Å². The summed E-state index contributed by atoms with van der Waals surface area (Å²) in [6.45, 7) is -1.21. The average Bonchev–Trinajstić information content (AvgIpc) is 3.46. The maximum Gasteiger partial charge on any atom is 0.401 e. The minimum absolute atomic E-state index is 0.0448. The topological polar surface area (TPSA) is 87.9 Å². The van der Waals surface area contributed by atoms with Crippen LogP contribution in [0.2, 0.25) is 0 Å². The molecule has 2 aliphatic rings. The molecule has 1 atom stereocenters. The number of carbonyl (C=O) groups excluding carboxylic acids is 2. The molecule has 1 heterocycles. The summed E-state index contributed by atoms with van der Waals surface area (Å²) in [6, 6.07) is 2.21.